The summed E-state index contributed by atoms with van der Waals surface area (Å²) in [5.41, 5.74) is 2.47. The number of furan rings is 1. The molecule has 4 rings (SSSR count). The number of morpholine rings is 1. The van der Waals surface area contributed by atoms with Crippen molar-refractivity contribution in [3.8, 4) is 0 Å². The lowest BCUT2D eigenvalue weighted by Gasteiger charge is -2.26. The van der Waals surface area contributed by atoms with Crippen LogP contribution in [0.3, 0.4) is 0 Å². The van der Waals surface area contributed by atoms with Crippen molar-refractivity contribution in [1.82, 2.24) is 9.97 Å². The summed E-state index contributed by atoms with van der Waals surface area (Å²) < 4.78 is 11.0. The molecule has 3 aromatic rings. The highest BCUT2D eigenvalue weighted by atomic mass is 16.5. The molecule has 0 bridgehead atoms. The fraction of sp³-hybridized carbons (Fsp3) is 0.333. The minimum absolute atomic E-state index is 0.240. The van der Waals surface area contributed by atoms with Crippen molar-refractivity contribution in [1.29, 1.82) is 0 Å². The average Bonchev–Trinajstić information content (AvgIpc) is 2.87. The van der Waals surface area contributed by atoms with E-state index < -0.39 is 0 Å². The number of nitrogens with one attached hydrogen (secondary N) is 1. The van der Waals surface area contributed by atoms with Crippen molar-refractivity contribution in [2.75, 3.05) is 31.2 Å². The van der Waals surface area contributed by atoms with E-state index in [4.69, 9.17) is 9.15 Å². The average molecular weight is 285 g/mol. The summed E-state index contributed by atoms with van der Waals surface area (Å²) >= 11 is 0. The molecule has 1 aromatic carbocycles. The fourth-order valence-corrected chi connectivity index (χ4v) is 2.68. The van der Waals surface area contributed by atoms with Gasteiger partial charge in [0, 0.05) is 18.5 Å². The van der Waals surface area contributed by atoms with E-state index in [0.29, 0.717) is 30.3 Å². The monoisotopic (exact) mass is 285 g/mol. The molecule has 0 saturated carbocycles. The molecule has 6 heteroatoms. The maximum Gasteiger partial charge on any atom is 0.296 e. The van der Waals surface area contributed by atoms with Gasteiger partial charge in [-0.15, -0.1) is 0 Å². The molecule has 6 nitrogen and oxygen atoms in total. The van der Waals surface area contributed by atoms with Crippen LogP contribution in [0.25, 0.3) is 22.1 Å². The van der Waals surface area contributed by atoms with Gasteiger partial charge in [-0.25, -0.2) is 4.98 Å². The zero-order valence-corrected chi connectivity index (χ0v) is 11.7. The summed E-state index contributed by atoms with van der Waals surface area (Å²) in [4.78, 5) is 21.7. The lowest BCUT2D eigenvalue weighted by molar-refractivity contribution is 0.122. The Bertz CT molecular complexity index is 875. The smallest absolute Gasteiger partial charge is 0.296 e. The quantitative estimate of drug-likeness (QED) is 0.738. The number of fused-ring (bicyclic) bond motifs is 3. The Morgan fingerprint density at radius 3 is 2.90 bits per heavy atom. The van der Waals surface area contributed by atoms with Crippen LogP contribution in [0.15, 0.2) is 27.4 Å². The lowest BCUT2D eigenvalue weighted by Crippen LogP contribution is -2.38. The third kappa shape index (κ3) is 1.99. The predicted octanol–water partition coefficient (Wildman–Crippen LogP) is 1.81. The van der Waals surface area contributed by atoms with Crippen LogP contribution in [0.5, 0.6) is 0 Å². The molecule has 108 valence electrons. The maximum absolute atomic E-state index is 12.2. The Hall–Kier alpha value is -2.34. The molecule has 0 spiro atoms. The summed E-state index contributed by atoms with van der Waals surface area (Å²) in [6, 6.07) is 5.83. The third-order valence-corrected chi connectivity index (χ3v) is 3.78. The first-order valence-electron chi connectivity index (χ1n) is 6.98. The summed E-state index contributed by atoms with van der Waals surface area (Å²) in [7, 11) is 0. The molecule has 0 radical (unpaired) electrons. The van der Waals surface area contributed by atoms with Crippen molar-refractivity contribution in [3.63, 3.8) is 0 Å². The Kier molecular flexibility index (Phi) is 2.71. The van der Waals surface area contributed by atoms with Gasteiger partial charge < -0.3 is 14.1 Å². The van der Waals surface area contributed by atoms with Gasteiger partial charge in [0.05, 0.1) is 13.2 Å². The van der Waals surface area contributed by atoms with E-state index in [-0.39, 0.29) is 11.1 Å². The number of aromatic amines is 1. The lowest BCUT2D eigenvalue weighted by atomic mass is 10.2. The van der Waals surface area contributed by atoms with Crippen molar-refractivity contribution in [3.05, 3.63) is 34.1 Å². The first-order valence-corrected chi connectivity index (χ1v) is 6.98. The first-order chi connectivity index (χ1) is 10.2. The summed E-state index contributed by atoms with van der Waals surface area (Å²) in [5.74, 6) is 0.583. The number of rotatable bonds is 1. The molecule has 21 heavy (non-hydrogen) atoms. The molecular formula is C15H15N3O3. The van der Waals surface area contributed by atoms with Gasteiger partial charge in [-0.3, -0.25) is 9.78 Å². The minimum Gasteiger partial charge on any atom is -0.449 e. The fourth-order valence-electron chi connectivity index (χ4n) is 2.68. The van der Waals surface area contributed by atoms with Gasteiger partial charge in [-0.1, -0.05) is 11.6 Å². The molecular weight excluding hydrogens is 270 g/mol. The zero-order valence-electron chi connectivity index (χ0n) is 11.7. The van der Waals surface area contributed by atoms with E-state index in [1.807, 2.05) is 30.0 Å². The number of ether oxygens (including phenoxy) is 1. The highest BCUT2D eigenvalue weighted by molar-refractivity contribution is 6.02. The van der Waals surface area contributed by atoms with Gasteiger partial charge in [-0.05, 0) is 19.1 Å². The maximum atomic E-state index is 12.2. The van der Waals surface area contributed by atoms with Crippen LogP contribution in [0.4, 0.5) is 5.95 Å². The van der Waals surface area contributed by atoms with E-state index in [9.17, 15) is 4.79 Å². The van der Waals surface area contributed by atoms with Gasteiger partial charge in [0.2, 0.25) is 11.5 Å². The molecule has 0 atom stereocenters. The van der Waals surface area contributed by atoms with Gasteiger partial charge in [0.1, 0.15) is 11.1 Å². The number of H-pyrrole nitrogens is 1. The molecule has 1 N–H and O–H groups in total. The number of hydrogen-bond acceptors (Lipinski definition) is 5. The van der Waals surface area contributed by atoms with Crippen LogP contribution in [-0.2, 0) is 4.74 Å². The zero-order chi connectivity index (χ0) is 14.4. The molecule has 0 aliphatic carbocycles. The second-order valence-corrected chi connectivity index (χ2v) is 5.27. The number of nitrogens with zero attached hydrogens (tertiary/aromatic N) is 2. The molecule has 3 heterocycles. The van der Waals surface area contributed by atoms with E-state index in [2.05, 4.69) is 9.97 Å². The molecule has 1 aliphatic heterocycles. The SMILES string of the molecule is Cc1ccc2oc3c(=O)[nH]c(N4CCOCC4)nc3c2c1. The molecule has 1 saturated heterocycles. The van der Waals surface area contributed by atoms with Gasteiger partial charge in [-0.2, -0.15) is 0 Å². The van der Waals surface area contributed by atoms with Crippen molar-refractivity contribution < 1.29 is 9.15 Å². The predicted molar refractivity (Wildman–Crippen MR) is 79.9 cm³/mol. The van der Waals surface area contributed by atoms with E-state index in [0.717, 1.165) is 24.0 Å². The Morgan fingerprint density at radius 2 is 2.10 bits per heavy atom. The Labute approximate surface area is 120 Å². The summed E-state index contributed by atoms with van der Waals surface area (Å²) in [6.07, 6.45) is 0. The molecule has 1 fully saturated rings. The first kappa shape index (κ1) is 12.4. The number of benzene rings is 1. The van der Waals surface area contributed by atoms with Crippen molar-refractivity contribution in [2.45, 2.75) is 6.92 Å². The van der Waals surface area contributed by atoms with E-state index >= 15 is 0 Å². The molecule has 1 aliphatic rings. The highest BCUT2D eigenvalue weighted by Gasteiger charge is 2.18. The van der Waals surface area contributed by atoms with Crippen molar-refractivity contribution in [2.24, 2.45) is 0 Å². The Balaban J connectivity index is 1.96. The Morgan fingerprint density at radius 1 is 1.29 bits per heavy atom. The topological polar surface area (TPSA) is 71.4 Å². The number of anilines is 1. The third-order valence-electron chi connectivity index (χ3n) is 3.78. The van der Waals surface area contributed by atoms with E-state index in [1.54, 1.807) is 0 Å². The molecule has 0 amide bonds. The van der Waals surface area contributed by atoms with Crippen molar-refractivity contribution >= 4 is 28.0 Å². The normalized spacial score (nSPS) is 16.0. The van der Waals surface area contributed by atoms with Crippen LogP contribution >= 0.6 is 0 Å². The van der Waals surface area contributed by atoms with Gasteiger partial charge in [0.25, 0.3) is 5.56 Å². The second-order valence-electron chi connectivity index (χ2n) is 5.27. The van der Waals surface area contributed by atoms with Gasteiger partial charge in [0.15, 0.2) is 0 Å². The van der Waals surface area contributed by atoms with E-state index in [1.165, 1.54) is 0 Å². The van der Waals surface area contributed by atoms with Gasteiger partial charge >= 0.3 is 0 Å². The second kappa shape index (κ2) is 4.60. The van der Waals surface area contributed by atoms with Crippen LogP contribution in [-0.4, -0.2) is 36.3 Å². The molecule has 0 unspecified atom stereocenters. The summed E-state index contributed by atoms with van der Waals surface area (Å²) in [5, 5.41) is 0.880. The summed E-state index contributed by atoms with van der Waals surface area (Å²) in [6.45, 7) is 4.75. The minimum atomic E-state index is -0.240. The number of aromatic nitrogens is 2. The largest absolute Gasteiger partial charge is 0.449 e. The standard InChI is InChI=1S/C15H15N3O3/c1-9-2-3-11-10(8-9)12-13(21-11)14(19)17-15(16-12)18-4-6-20-7-5-18/h2-3,8H,4-7H2,1H3,(H,16,17,19). The van der Waals surface area contributed by atoms with Crippen LogP contribution < -0.4 is 10.5 Å². The highest BCUT2D eigenvalue weighted by Crippen LogP contribution is 2.27. The number of hydrogen-bond donors (Lipinski definition) is 1. The van der Waals surface area contributed by atoms with Crippen LogP contribution in [0, 0.1) is 6.92 Å². The van der Waals surface area contributed by atoms with Crippen LogP contribution in [0.2, 0.25) is 0 Å². The molecule has 2 aromatic heterocycles. The van der Waals surface area contributed by atoms with Crippen LogP contribution in [0.1, 0.15) is 5.56 Å². The number of aryl methyl sites for hydroxylation is 1.